The zero-order chi connectivity index (χ0) is 16.4. The Balaban J connectivity index is 1.90. The number of nitrogens with zero attached hydrogens (tertiary/aromatic N) is 2. The van der Waals surface area contributed by atoms with Crippen LogP contribution in [0.3, 0.4) is 0 Å². The van der Waals surface area contributed by atoms with Crippen molar-refractivity contribution in [2.24, 2.45) is 0 Å². The molecule has 0 aliphatic carbocycles. The Kier molecular flexibility index (Phi) is 4.51. The predicted octanol–water partition coefficient (Wildman–Crippen LogP) is 3.54. The first-order valence-electron chi connectivity index (χ1n) is 6.41. The van der Waals surface area contributed by atoms with Crippen LogP contribution in [0.1, 0.15) is 5.82 Å². The fourth-order valence-corrected chi connectivity index (χ4v) is 4.57. The first-order valence-corrected chi connectivity index (χ1v) is 9.80. The van der Waals surface area contributed by atoms with Crippen LogP contribution in [-0.2, 0) is 15.6 Å². The Morgan fingerprint density at radius 3 is 2.87 bits per heavy atom. The summed E-state index contributed by atoms with van der Waals surface area (Å²) in [6.07, 6.45) is 0. The van der Waals surface area contributed by atoms with Crippen LogP contribution < -0.4 is 4.74 Å². The largest absolute Gasteiger partial charge is 0.497 e. The third-order valence-corrected chi connectivity index (χ3v) is 6.18. The topological polar surface area (TPSA) is 82.3 Å². The zero-order valence-corrected chi connectivity index (χ0v) is 15.1. The Hall–Kier alpha value is -1.71. The first-order chi connectivity index (χ1) is 11.0. The minimum Gasteiger partial charge on any atom is -0.497 e. The zero-order valence-electron chi connectivity index (χ0n) is 11.9. The van der Waals surface area contributed by atoms with Crippen molar-refractivity contribution >= 4 is 37.1 Å². The Morgan fingerprint density at radius 1 is 1.35 bits per heavy atom. The molecule has 120 valence electrons. The molecule has 1 aromatic carbocycles. The van der Waals surface area contributed by atoms with Gasteiger partial charge in [0.2, 0.25) is 0 Å². The molecular formula is C14H11BrN2O4S2. The van der Waals surface area contributed by atoms with E-state index >= 15 is 0 Å². The van der Waals surface area contributed by atoms with Crippen molar-refractivity contribution in [3.63, 3.8) is 0 Å². The second kappa shape index (κ2) is 6.42. The summed E-state index contributed by atoms with van der Waals surface area (Å²) in [4.78, 5) is 4.43. The molecule has 2 aromatic heterocycles. The fourth-order valence-electron chi connectivity index (χ4n) is 1.90. The molecule has 2 heterocycles. The molecule has 0 aliphatic heterocycles. The molecule has 0 unspecified atom stereocenters. The lowest BCUT2D eigenvalue weighted by Crippen LogP contribution is -2.05. The van der Waals surface area contributed by atoms with Gasteiger partial charge in [0.25, 0.3) is 5.89 Å². The van der Waals surface area contributed by atoms with Crippen molar-refractivity contribution in [1.29, 1.82) is 0 Å². The van der Waals surface area contributed by atoms with E-state index in [4.69, 9.17) is 9.26 Å². The lowest BCUT2D eigenvalue weighted by atomic mass is 10.2. The van der Waals surface area contributed by atoms with Crippen molar-refractivity contribution in [3.8, 4) is 17.2 Å². The molecule has 0 amide bonds. The molecule has 6 nitrogen and oxygen atoms in total. The Labute approximate surface area is 145 Å². The number of ether oxygens (including phenoxy) is 1. The summed E-state index contributed by atoms with van der Waals surface area (Å²) in [6.45, 7) is 0. The predicted molar refractivity (Wildman–Crippen MR) is 89.2 cm³/mol. The number of hydrogen-bond donors (Lipinski definition) is 0. The number of methoxy groups -OCH3 is 1. The van der Waals surface area contributed by atoms with Gasteiger partial charge in [-0.2, -0.15) is 16.3 Å². The number of hydrogen-bond acceptors (Lipinski definition) is 7. The van der Waals surface area contributed by atoms with Crippen LogP contribution in [0.25, 0.3) is 11.5 Å². The summed E-state index contributed by atoms with van der Waals surface area (Å²) < 4.78 is 35.6. The van der Waals surface area contributed by atoms with Crippen LogP contribution in [0.5, 0.6) is 5.75 Å². The highest BCUT2D eigenvalue weighted by Crippen LogP contribution is 2.31. The van der Waals surface area contributed by atoms with Crippen molar-refractivity contribution < 1.29 is 17.7 Å². The number of thiophene rings is 1. The molecule has 0 saturated carbocycles. The van der Waals surface area contributed by atoms with Gasteiger partial charge in [-0.05, 0) is 45.6 Å². The maximum Gasteiger partial charge on any atom is 0.259 e. The van der Waals surface area contributed by atoms with Crippen LogP contribution in [0.4, 0.5) is 0 Å². The second-order valence-electron chi connectivity index (χ2n) is 4.58. The van der Waals surface area contributed by atoms with Gasteiger partial charge < -0.3 is 9.26 Å². The van der Waals surface area contributed by atoms with Gasteiger partial charge in [0.1, 0.15) is 11.5 Å². The highest BCUT2D eigenvalue weighted by Gasteiger charge is 2.21. The molecule has 0 radical (unpaired) electrons. The third kappa shape index (κ3) is 3.46. The Bertz CT molecular complexity index is 920. The number of aromatic nitrogens is 2. The third-order valence-electron chi connectivity index (χ3n) is 3.05. The van der Waals surface area contributed by atoms with E-state index in [-0.39, 0.29) is 22.4 Å². The highest BCUT2D eigenvalue weighted by molar-refractivity contribution is 9.10. The van der Waals surface area contributed by atoms with E-state index in [0.717, 1.165) is 4.47 Å². The first kappa shape index (κ1) is 16.2. The van der Waals surface area contributed by atoms with E-state index in [2.05, 4.69) is 26.1 Å². The fraction of sp³-hybridized carbons (Fsp3) is 0.143. The molecule has 0 fully saturated rings. The molecule has 9 heteroatoms. The maximum absolute atomic E-state index is 12.2. The van der Waals surface area contributed by atoms with Crippen LogP contribution in [0, 0.1) is 0 Å². The molecule has 0 N–H and O–H groups in total. The molecular weight excluding hydrogens is 404 g/mol. The molecule has 0 saturated heterocycles. The van der Waals surface area contributed by atoms with Gasteiger partial charge in [0, 0.05) is 9.85 Å². The van der Waals surface area contributed by atoms with Crippen LogP contribution in [0.15, 0.2) is 48.9 Å². The van der Waals surface area contributed by atoms with Crippen LogP contribution >= 0.6 is 27.3 Å². The lowest BCUT2D eigenvalue weighted by Gasteiger charge is -2.03. The van der Waals surface area contributed by atoms with Gasteiger partial charge in [-0.3, -0.25) is 0 Å². The number of benzene rings is 1. The molecule has 3 aromatic rings. The quantitative estimate of drug-likeness (QED) is 0.634. The SMILES string of the molecule is COc1ccc(Br)c(-c2nc(CS(=O)(=O)c3ccsc3)no2)c1. The summed E-state index contributed by atoms with van der Waals surface area (Å²) in [6, 6.07) is 6.86. The van der Waals surface area contributed by atoms with Gasteiger partial charge in [-0.25, -0.2) is 8.42 Å². The normalized spacial score (nSPS) is 11.6. The van der Waals surface area contributed by atoms with Crippen LogP contribution in [0.2, 0.25) is 0 Å². The summed E-state index contributed by atoms with van der Waals surface area (Å²) in [5.74, 6) is 0.663. The van der Waals surface area contributed by atoms with Gasteiger partial charge in [-0.15, -0.1) is 0 Å². The Morgan fingerprint density at radius 2 is 2.17 bits per heavy atom. The average molecular weight is 415 g/mol. The van der Waals surface area contributed by atoms with E-state index < -0.39 is 9.84 Å². The van der Waals surface area contributed by atoms with Crippen molar-refractivity contribution in [2.75, 3.05) is 7.11 Å². The number of sulfone groups is 1. The molecule has 0 bridgehead atoms. The second-order valence-corrected chi connectivity index (χ2v) is 8.20. The monoisotopic (exact) mass is 414 g/mol. The summed E-state index contributed by atoms with van der Waals surface area (Å²) in [5, 5.41) is 7.05. The van der Waals surface area contributed by atoms with E-state index in [0.29, 0.717) is 11.3 Å². The van der Waals surface area contributed by atoms with Crippen molar-refractivity contribution in [2.45, 2.75) is 10.6 Å². The van der Waals surface area contributed by atoms with Gasteiger partial charge >= 0.3 is 0 Å². The van der Waals surface area contributed by atoms with E-state index in [1.807, 2.05) is 0 Å². The highest BCUT2D eigenvalue weighted by atomic mass is 79.9. The molecule has 0 atom stereocenters. The minimum absolute atomic E-state index is 0.112. The average Bonchev–Trinajstić information content (AvgIpc) is 3.19. The van der Waals surface area contributed by atoms with E-state index in [1.54, 1.807) is 42.1 Å². The van der Waals surface area contributed by atoms with Crippen molar-refractivity contribution in [3.05, 3.63) is 45.3 Å². The molecule has 0 spiro atoms. The van der Waals surface area contributed by atoms with Gasteiger partial charge in [-0.1, -0.05) is 5.16 Å². The molecule has 3 rings (SSSR count). The van der Waals surface area contributed by atoms with Gasteiger partial charge in [0.05, 0.1) is 17.6 Å². The summed E-state index contributed by atoms with van der Waals surface area (Å²) in [7, 11) is -1.92. The van der Waals surface area contributed by atoms with Crippen molar-refractivity contribution in [1.82, 2.24) is 10.1 Å². The number of halogens is 1. The number of rotatable bonds is 5. The van der Waals surface area contributed by atoms with E-state index in [1.165, 1.54) is 11.3 Å². The standard InChI is InChI=1S/C14H11BrN2O4S2/c1-20-9-2-3-12(15)11(6-9)14-16-13(17-21-14)8-23(18,19)10-4-5-22-7-10/h2-7H,8H2,1H3. The van der Waals surface area contributed by atoms with Crippen LogP contribution in [-0.4, -0.2) is 25.7 Å². The van der Waals surface area contributed by atoms with Gasteiger partial charge in [0.15, 0.2) is 15.7 Å². The minimum atomic E-state index is -3.47. The molecule has 0 aliphatic rings. The maximum atomic E-state index is 12.2. The lowest BCUT2D eigenvalue weighted by molar-refractivity contribution is 0.412. The summed E-state index contributed by atoms with van der Waals surface area (Å²) >= 11 is 4.72. The smallest absolute Gasteiger partial charge is 0.259 e. The molecule has 23 heavy (non-hydrogen) atoms. The summed E-state index contributed by atoms with van der Waals surface area (Å²) in [5.41, 5.74) is 0.635. The van der Waals surface area contributed by atoms with E-state index in [9.17, 15) is 8.42 Å².